The largest absolute Gasteiger partial charge is 0.458 e. The number of nitrogens with one attached hydrogen (secondary N) is 1. The highest BCUT2D eigenvalue weighted by Gasteiger charge is 2.07. The lowest BCUT2D eigenvalue weighted by molar-refractivity contribution is 0.0830. The SMILES string of the molecule is O=S(=O)(O)COC1=CC=CON1. The van der Waals surface area contributed by atoms with Gasteiger partial charge in [-0.25, -0.2) is 0 Å². The highest BCUT2D eigenvalue weighted by atomic mass is 32.2. The fraction of sp³-hybridized carbons (Fsp3) is 0.200. The minimum absolute atomic E-state index is 0.120. The van der Waals surface area contributed by atoms with Gasteiger partial charge in [0.15, 0.2) is 0 Å². The van der Waals surface area contributed by atoms with Crippen LogP contribution in [0.3, 0.4) is 0 Å². The number of allylic oxidation sites excluding steroid dienone is 2. The van der Waals surface area contributed by atoms with E-state index in [1.807, 2.05) is 0 Å². The summed E-state index contributed by atoms with van der Waals surface area (Å²) in [4.78, 5) is 4.55. The molecular formula is C5H7NO5S. The van der Waals surface area contributed by atoms with E-state index in [2.05, 4.69) is 15.1 Å². The van der Waals surface area contributed by atoms with Crippen LogP contribution in [0.2, 0.25) is 0 Å². The Balaban J connectivity index is 2.42. The first-order valence-corrected chi connectivity index (χ1v) is 4.55. The third-order valence-electron chi connectivity index (χ3n) is 0.917. The number of rotatable bonds is 3. The molecule has 1 heterocycles. The summed E-state index contributed by atoms with van der Waals surface area (Å²) in [6, 6.07) is 0. The van der Waals surface area contributed by atoms with Gasteiger partial charge >= 0.3 is 10.1 Å². The molecule has 68 valence electrons. The maximum atomic E-state index is 10.2. The molecule has 0 fully saturated rings. The van der Waals surface area contributed by atoms with Crippen LogP contribution in [0.5, 0.6) is 0 Å². The summed E-state index contributed by atoms with van der Waals surface area (Å²) in [5.41, 5.74) is 2.27. The number of hydrogen-bond acceptors (Lipinski definition) is 5. The highest BCUT2D eigenvalue weighted by Crippen LogP contribution is 2.00. The van der Waals surface area contributed by atoms with Crippen LogP contribution in [0.15, 0.2) is 24.3 Å². The van der Waals surface area contributed by atoms with E-state index in [9.17, 15) is 8.42 Å². The molecule has 0 unspecified atom stereocenters. The highest BCUT2D eigenvalue weighted by molar-refractivity contribution is 7.85. The van der Waals surface area contributed by atoms with Crippen LogP contribution in [0.25, 0.3) is 0 Å². The summed E-state index contributed by atoms with van der Waals surface area (Å²) in [7, 11) is -4.11. The molecule has 7 heteroatoms. The molecule has 0 radical (unpaired) electrons. The van der Waals surface area contributed by atoms with Crippen molar-refractivity contribution in [3.8, 4) is 0 Å². The second-order valence-electron chi connectivity index (χ2n) is 1.92. The van der Waals surface area contributed by atoms with Crippen molar-refractivity contribution >= 4 is 10.1 Å². The fourth-order valence-electron chi connectivity index (χ4n) is 0.508. The first kappa shape index (κ1) is 8.88. The zero-order valence-electron chi connectivity index (χ0n) is 5.93. The van der Waals surface area contributed by atoms with Crippen LogP contribution < -0.4 is 5.48 Å². The topological polar surface area (TPSA) is 84.9 Å². The molecule has 0 saturated heterocycles. The molecule has 2 N–H and O–H groups in total. The van der Waals surface area contributed by atoms with Gasteiger partial charge in [0.1, 0.15) is 6.26 Å². The van der Waals surface area contributed by atoms with Crippen LogP contribution >= 0.6 is 0 Å². The Bertz CT molecular complexity index is 304. The van der Waals surface area contributed by atoms with E-state index in [4.69, 9.17) is 4.55 Å². The number of hydrogen-bond donors (Lipinski definition) is 2. The molecular weight excluding hydrogens is 186 g/mol. The molecule has 0 bridgehead atoms. The van der Waals surface area contributed by atoms with Crippen LogP contribution in [-0.4, -0.2) is 18.9 Å². The molecule has 0 aromatic rings. The van der Waals surface area contributed by atoms with Crippen molar-refractivity contribution in [2.75, 3.05) is 5.94 Å². The molecule has 1 aliphatic rings. The standard InChI is InChI=1S/C5H7NO5S/c7-12(8,9)4-10-5-2-1-3-11-6-5/h1-3,6H,4H2,(H,7,8,9). The Morgan fingerprint density at radius 1 is 1.67 bits per heavy atom. The van der Waals surface area contributed by atoms with E-state index in [0.29, 0.717) is 0 Å². The molecule has 6 nitrogen and oxygen atoms in total. The zero-order chi connectivity index (χ0) is 9.03. The number of ether oxygens (including phenoxy) is 1. The van der Waals surface area contributed by atoms with Gasteiger partial charge in [0.2, 0.25) is 11.8 Å². The van der Waals surface area contributed by atoms with E-state index in [0.717, 1.165) is 0 Å². The van der Waals surface area contributed by atoms with Crippen molar-refractivity contribution < 1.29 is 22.5 Å². The lowest BCUT2D eigenvalue weighted by Crippen LogP contribution is -2.18. The lowest BCUT2D eigenvalue weighted by atomic mass is 10.5. The summed E-state index contributed by atoms with van der Waals surface area (Å²) < 4.78 is 33.2. The molecule has 0 saturated carbocycles. The van der Waals surface area contributed by atoms with Crippen molar-refractivity contribution in [3.63, 3.8) is 0 Å². The second-order valence-corrected chi connectivity index (χ2v) is 3.32. The van der Waals surface area contributed by atoms with E-state index in [-0.39, 0.29) is 5.88 Å². The fourth-order valence-corrected chi connectivity index (χ4v) is 0.784. The van der Waals surface area contributed by atoms with Gasteiger partial charge in [0, 0.05) is 6.08 Å². The second kappa shape index (κ2) is 3.46. The third-order valence-corrected chi connectivity index (χ3v) is 1.33. The van der Waals surface area contributed by atoms with Crippen molar-refractivity contribution in [1.82, 2.24) is 5.48 Å². The molecule has 1 rings (SSSR count). The van der Waals surface area contributed by atoms with E-state index in [1.165, 1.54) is 18.4 Å². The van der Waals surface area contributed by atoms with Crippen molar-refractivity contribution in [3.05, 3.63) is 24.3 Å². The van der Waals surface area contributed by atoms with Gasteiger partial charge in [-0.1, -0.05) is 0 Å². The van der Waals surface area contributed by atoms with Gasteiger partial charge in [-0.2, -0.15) is 13.9 Å². The Morgan fingerprint density at radius 3 is 2.92 bits per heavy atom. The summed E-state index contributed by atoms with van der Waals surface area (Å²) in [6.07, 6.45) is 4.31. The molecule has 0 amide bonds. The molecule has 0 atom stereocenters. The Morgan fingerprint density at radius 2 is 2.42 bits per heavy atom. The molecule has 0 spiro atoms. The van der Waals surface area contributed by atoms with Crippen LogP contribution in [0.4, 0.5) is 0 Å². The van der Waals surface area contributed by atoms with Gasteiger partial charge in [-0.15, -0.1) is 0 Å². The van der Waals surface area contributed by atoms with Gasteiger partial charge in [0.05, 0.1) is 0 Å². The molecule has 0 aliphatic carbocycles. The minimum atomic E-state index is -4.11. The predicted octanol–water partition coefficient (Wildman–Crippen LogP) is -0.262. The van der Waals surface area contributed by atoms with Gasteiger partial charge in [0.25, 0.3) is 0 Å². The predicted molar refractivity (Wildman–Crippen MR) is 38.9 cm³/mol. The van der Waals surface area contributed by atoms with Crippen LogP contribution in [0, 0.1) is 0 Å². The minimum Gasteiger partial charge on any atom is -0.458 e. The monoisotopic (exact) mass is 193 g/mol. The average molecular weight is 193 g/mol. The maximum absolute atomic E-state index is 10.2. The molecule has 0 aromatic heterocycles. The quantitative estimate of drug-likeness (QED) is 0.600. The normalized spacial score (nSPS) is 15.9. The smallest absolute Gasteiger partial charge is 0.300 e. The van der Waals surface area contributed by atoms with E-state index >= 15 is 0 Å². The maximum Gasteiger partial charge on any atom is 0.300 e. The summed E-state index contributed by atoms with van der Waals surface area (Å²) in [5, 5.41) is 0. The van der Waals surface area contributed by atoms with Crippen molar-refractivity contribution in [2.24, 2.45) is 0 Å². The summed E-state index contributed by atoms with van der Waals surface area (Å²) >= 11 is 0. The van der Waals surface area contributed by atoms with Gasteiger partial charge < -0.3 is 9.57 Å². The first-order valence-electron chi connectivity index (χ1n) is 2.94. The van der Waals surface area contributed by atoms with E-state index in [1.54, 1.807) is 0 Å². The third kappa shape index (κ3) is 3.26. The van der Waals surface area contributed by atoms with Crippen molar-refractivity contribution in [1.29, 1.82) is 0 Å². The number of hydroxylamine groups is 1. The first-order chi connectivity index (χ1) is 5.58. The average Bonchev–Trinajstić information content (AvgIpc) is 2.02. The van der Waals surface area contributed by atoms with Crippen LogP contribution in [-0.2, 0) is 19.7 Å². The van der Waals surface area contributed by atoms with Gasteiger partial charge in [-0.3, -0.25) is 4.55 Å². The Labute approximate surface area is 69.2 Å². The zero-order valence-corrected chi connectivity index (χ0v) is 6.74. The summed E-state index contributed by atoms with van der Waals surface area (Å²) in [5.74, 6) is -0.682. The Hall–Kier alpha value is -1.21. The molecule has 1 aliphatic heterocycles. The van der Waals surface area contributed by atoms with Crippen LogP contribution in [0.1, 0.15) is 0 Å². The van der Waals surface area contributed by atoms with Gasteiger partial charge in [-0.05, 0) is 6.08 Å². The lowest BCUT2D eigenvalue weighted by Gasteiger charge is -2.11. The van der Waals surface area contributed by atoms with Crippen molar-refractivity contribution in [2.45, 2.75) is 0 Å². The van der Waals surface area contributed by atoms with E-state index < -0.39 is 16.1 Å². The molecule has 0 aromatic carbocycles. The summed E-state index contributed by atoms with van der Waals surface area (Å²) in [6.45, 7) is 0. The molecule has 12 heavy (non-hydrogen) atoms. The Kier molecular flexibility index (Phi) is 2.56.